The van der Waals surface area contributed by atoms with E-state index < -0.39 is 0 Å². The van der Waals surface area contributed by atoms with Gasteiger partial charge in [0.15, 0.2) is 0 Å². The molecule has 0 saturated carbocycles. The largest absolute Gasteiger partial charge is 0.313 e. The molecule has 1 fully saturated rings. The fourth-order valence-corrected chi connectivity index (χ4v) is 4.14. The lowest BCUT2D eigenvalue weighted by Crippen LogP contribution is -2.31. The molecule has 2 rings (SSSR count). The third-order valence-corrected chi connectivity index (χ3v) is 5.87. The van der Waals surface area contributed by atoms with Crippen LogP contribution in [-0.2, 0) is 0 Å². The molecule has 1 N–H and O–H groups in total. The standard InChI is InChI=1S/C17H27ClN2S/c1-17(2)8-10-20(11-12-21-17)9-7-16(19-3)14-5-4-6-15(18)13-14/h4-6,13,16,19H,7-12H2,1-3H3. The highest BCUT2D eigenvalue weighted by Gasteiger charge is 2.23. The van der Waals surface area contributed by atoms with E-state index in [1.54, 1.807) is 0 Å². The van der Waals surface area contributed by atoms with Gasteiger partial charge in [0, 0.05) is 28.1 Å². The summed E-state index contributed by atoms with van der Waals surface area (Å²) in [7, 11) is 2.03. The third kappa shape index (κ3) is 5.48. The summed E-state index contributed by atoms with van der Waals surface area (Å²) in [4.78, 5) is 2.61. The van der Waals surface area contributed by atoms with Crippen molar-refractivity contribution in [2.45, 2.75) is 37.5 Å². The van der Waals surface area contributed by atoms with Gasteiger partial charge in [0.25, 0.3) is 0 Å². The highest BCUT2D eigenvalue weighted by atomic mass is 35.5. The van der Waals surface area contributed by atoms with E-state index in [9.17, 15) is 0 Å². The van der Waals surface area contributed by atoms with Gasteiger partial charge in [-0.25, -0.2) is 0 Å². The van der Waals surface area contributed by atoms with E-state index in [1.165, 1.54) is 30.8 Å². The van der Waals surface area contributed by atoms with Crippen LogP contribution < -0.4 is 5.32 Å². The number of rotatable bonds is 5. The molecule has 1 aliphatic heterocycles. The van der Waals surface area contributed by atoms with Gasteiger partial charge in [-0.1, -0.05) is 37.6 Å². The number of nitrogens with one attached hydrogen (secondary N) is 1. The number of hydrogen-bond donors (Lipinski definition) is 1. The summed E-state index contributed by atoms with van der Waals surface area (Å²) in [5.74, 6) is 1.24. The van der Waals surface area contributed by atoms with E-state index in [0.29, 0.717) is 10.8 Å². The molecule has 1 atom stereocenters. The van der Waals surface area contributed by atoms with Crippen molar-refractivity contribution in [1.82, 2.24) is 10.2 Å². The lowest BCUT2D eigenvalue weighted by molar-refractivity contribution is 0.268. The van der Waals surface area contributed by atoms with Crippen LogP contribution in [0.5, 0.6) is 0 Å². The molecule has 0 aliphatic carbocycles. The van der Waals surface area contributed by atoms with E-state index in [1.807, 2.05) is 19.2 Å². The first kappa shape index (κ1) is 17.1. The minimum Gasteiger partial charge on any atom is -0.313 e. The molecule has 1 aromatic carbocycles. The van der Waals surface area contributed by atoms with Crippen LogP contribution in [-0.4, -0.2) is 42.1 Å². The molecular formula is C17H27ClN2S. The van der Waals surface area contributed by atoms with Crippen LogP contribution in [0.2, 0.25) is 5.02 Å². The number of nitrogens with zero attached hydrogens (tertiary/aromatic N) is 1. The summed E-state index contributed by atoms with van der Waals surface area (Å²) in [6.07, 6.45) is 2.40. The Bertz CT molecular complexity index is 450. The molecule has 118 valence electrons. The smallest absolute Gasteiger partial charge is 0.0409 e. The van der Waals surface area contributed by atoms with Crippen molar-refractivity contribution in [1.29, 1.82) is 0 Å². The Balaban J connectivity index is 1.88. The molecule has 1 aliphatic rings. The van der Waals surface area contributed by atoms with Crippen molar-refractivity contribution < 1.29 is 0 Å². The summed E-state index contributed by atoms with van der Waals surface area (Å²) in [6.45, 7) is 8.30. The maximum atomic E-state index is 6.11. The fraction of sp³-hybridized carbons (Fsp3) is 0.647. The van der Waals surface area contributed by atoms with Gasteiger partial charge in [-0.05, 0) is 50.7 Å². The Morgan fingerprint density at radius 2 is 2.19 bits per heavy atom. The van der Waals surface area contributed by atoms with Crippen molar-refractivity contribution >= 4 is 23.4 Å². The van der Waals surface area contributed by atoms with Crippen molar-refractivity contribution in [2.75, 3.05) is 32.4 Å². The second kappa shape index (κ2) is 7.87. The highest BCUT2D eigenvalue weighted by Crippen LogP contribution is 2.31. The van der Waals surface area contributed by atoms with Gasteiger partial charge in [0.1, 0.15) is 0 Å². The van der Waals surface area contributed by atoms with E-state index in [4.69, 9.17) is 11.6 Å². The van der Waals surface area contributed by atoms with Gasteiger partial charge in [0.2, 0.25) is 0 Å². The molecule has 1 unspecified atom stereocenters. The molecule has 1 aromatic rings. The molecular weight excluding hydrogens is 300 g/mol. The van der Waals surface area contributed by atoms with Crippen LogP contribution in [0.25, 0.3) is 0 Å². The van der Waals surface area contributed by atoms with Crippen molar-refractivity contribution in [3.8, 4) is 0 Å². The van der Waals surface area contributed by atoms with Crippen molar-refractivity contribution in [2.24, 2.45) is 0 Å². The Kier molecular flexibility index (Phi) is 6.42. The maximum absolute atomic E-state index is 6.11. The topological polar surface area (TPSA) is 15.3 Å². The van der Waals surface area contributed by atoms with Gasteiger partial charge in [-0.2, -0.15) is 11.8 Å². The normalized spacial score (nSPS) is 21.0. The third-order valence-electron chi connectivity index (χ3n) is 4.26. The number of benzene rings is 1. The second-order valence-electron chi connectivity index (χ2n) is 6.38. The number of thioether (sulfide) groups is 1. The van der Waals surface area contributed by atoms with Gasteiger partial charge >= 0.3 is 0 Å². The Hall–Kier alpha value is -0.220. The van der Waals surface area contributed by atoms with Crippen LogP contribution >= 0.6 is 23.4 Å². The molecule has 1 saturated heterocycles. The molecule has 4 heteroatoms. The molecule has 1 heterocycles. The molecule has 0 aromatic heterocycles. The van der Waals surface area contributed by atoms with Gasteiger partial charge in [-0.15, -0.1) is 0 Å². The fourth-order valence-electron chi connectivity index (χ4n) is 2.80. The van der Waals surface area contributed by atoms with Gasteiger partial charge < -0.3 is 10.2 Å². The molecule has 0 bridgehead atoms. The predicted molar refractivity (Wildman–Crippen MR) is 95.5 cm³/mol. The summed E-state index contributed by atoms with van der Waals surface area (Å²) < 4.78 is 0.435. The number of hydrogen-bond acceptors (Lipinski definition) is 3. The first-order chi connectivity index (χ1) is 10.00. The van der Waals surface area contributed by atoms with E-state index >= 15 is 0 Å². The summed E-state index contributed by atoms with van der Waals surface area (Å²) in [5.41, 5.74) is 1.29. The first-order valence-electron chi connectivity index (χ1n) is 7.79. The van der Waals surface area contributed by atoms with E-state index in [2.05, 4.69) is 48.0 Å². The zero-order valence-corrected chi connectivity index (χ0v) is 14.9. The van der Waals surface area contributed by atoms with E-state index in [0.717, 1.165) is 18.0 Å². The maximum Gasteiger partial charge on any atom is 0.0409 e. The van der Waals surface area contributed by atoms with E-state index in [-0.39, 0.29) is 0 Å². The lowest BCUT2D eigenvalue weighted by atomic mass is 10.0. The monoisotopic (exact) mass is 326 g/mol. The Labute approximate surface area is 138 Å². The SMILES string of the molecule is CNC(CCN1CCSC(C)(C)CC1)c1cccc(Cl)c1. The van der Waals surface area contributed by atoms with Gasteiger partial charge in [0.05, 0.1) is 0 Å². The average molecular weight is 327 g/mol. The van der Waals surface area contributed by atoms with Crippen LogP contribution in [0, 0.1) is 0 Å². The highest BCUT2D eigenvalue weighted by molar-refractivity contribution is 8.00. The minimum atomic E-state index is 0.382. The first-order valence-corrected chi connectivity index (χ1v) is 9.15. The van der Waals surface area contributed by atoms with Crippen molar-refractivity contribution in [3.05, 3.63) is 34.9 Å². The number of halogens is 1. The quantitative estimate of drug-likeness (QED) is 0.872. The Morgan fingerprint density at radius 3 is 2.90 bits per heavy atom. The zero-order chi connectivity index (χ0) is 15.3. The molecule has 2 nitrogen and oxygen atoms in total. The lowest BCUT2D eigenvalue weighted by Gasteiger charge is -2.25. The predicted octanol–water partition coefficient (Wildman–Crippen LogP) is 4.21. The van der Waals surface area contributed by atoms with Gasteiger partial charge in [-0.3, -0.25) is 0 Å². The summed E-state index contributed by atoms with van der Waals surface area (Å²) >= 11 is 8.22. The summed E-state index contributed by atoms with van der Waals surface area (Å²) in [6, 6.07) is 8.59. The van der Waals surface area contributed by atoms with Crippen LogP contribution in [0.1, 0.15) is 38.3 Å². The zero-order valence-electron chi connectivity index (χ0n) is 13.4. The molecule has 0 radical (unpaired) electrons. The van der Waals surface area contributed by atoms with Crippen LogP contribution in [0.15, 0.2) is 24.3 Å². The summed E-state index contributed by atoms with van der Waals surface area (Å²) in [5, 5.41) is 4.25. The average Bonchev–Trinajstić information content (AvgIpc) is 2.61. The minimum absolute atomic E-state index is 0.382. The van der Waals surface area contributed by atoms with Crippen molar-refractivity contribution in [3.63, 3.8) is 0 Å². The molecule has 0 amide bonds. The van der Waals surface area contributed by atoms with Crippen LogP contribution in [0.3, 0.4) is 0 Å². The Morgan fingerprint density at radius 1 is 1.38 bits per heavy atom. The molecule has 0 spiro atoms. The second-order valence-corrected chi connectivity index (χ2v) is 8.62. The molecule has 21 heavy (non-hydrogen) atoms. The van der Waals surface area contributed by atoms with Crippen LogP contribution in [0.4, 0.5) is 0 Å².